The number of methoxy groups -OCH3 is 1. The van der Waals surface area contributed by atoms with Crippen molar-refractivity contribution in [2.24, 2.45) is 0 Å². The van der Waals surface area contributed by atoms with Crippen LogP contribution in [0, 0.1) is 9.39 Å². The van der Waals surface area contributed by atoms with Gasteiger partial charge in [0.2, 0.25) is 0 Å². The first-order valence-corrected chi connectivity index (χ1v) is 7.39. The highest BCUT2D eigenvalue weighted by atomic mass is 127. The zero-order chi connectivity index (χ0) is 16.1. The first-order chi connectivity index (χ1) is 10.5. The van der Waals surface area contributed by atoms with Crippen LogP contribution in [0.5, 0.6) is 5.75 Å². The molecule has 0 bridgehead atoms. The Morgan fingerprint density at radius 1 is 1.18 bits per heavy atom. The molecule has 2 aromatic carbocycles. The lowest BCUT2D eigenvalue weighted by Gasteiger charge is -2.07. The van der Waals surface area contributed by atoms with Gasteiger partial charge in [0, 0.05) is 9.13 Å². The van der Waals surface area contributed by atoms with Crippen molar-refractivity contribution in [2.75, 3.05) is 13.7 Å². The van der Waals surface area contributed by atoms with Crippen LogP contribution >= 0.6 is 22.6 Å². The highest BCUT2D eigenvalue weighted by molar-refractivity contribution is 14.1. The minimum atomic E-state index is -0.641. The molecule has 0 radical (unpaired) electrons. The van der Waals surface area contributed by atoms with E-state index in [1.165, 1.54) is 19.2 Å². The van der Waals surface area contributed by atoms with Crippen molar-refractivity contribution in [1.82, 2.24) is 0 Å². The van der Waals surface area contributed by atoms with Gasteiger partial charge in [-0.25, -0.2) is 9.18 Å². The monoisotopic (exact) mass is 414 g/mol. The molecule has 4 nitrogen and oxygen atoms in total. The van der Waals surface area contributed by atoms with Gasteiger partial charge in [-0.3, -0.25) is 4.79 Å². The van der Waals surface area contributed by atoms with E-state index in [1.807, 2.05) is 22.6 Å². The topological polar surface area (TPSA) is 52.6 Å². The number of Topliss-reactive ketones (excluding diaryl/α,β-unsaturated/α-hetero) is 1. The van der Waals surface area contributed by atoms with E-state index in [2.05, 4.69) is 0 Å². The normalized spacial score (nSPS) is 10.1. The molecular formula is C16H12FIO4. The van der Waals surface area contributed by atoms with Gasteiger partial charge in [-0.1, -0.05) is 12.1 Å². The number of ketones is 1. The van der Waals surface area contributed by atoms with E-state index in [0.717, 1.165) is 9.64 Å². The van der Waals surface area contributed by atoms with Gasteiger partial charge in [-0.15, -0.1) is 0 Å². The SMILES string of the molecule is COc1ccc(C(=O)COC(=O)c2ccccc2I)cc1F. The summed E-state index contributed by atoms with van der Waals surface area (Å²) < 4.78 is 24.0. The Morgan fingerprint density at radius 2 is 1.91 bits per heavy atom. The predicted octanol–water partition coefficient (Wildman–Crippen LogP) is 3.48. The molecule has 0 saturated heterocycles. The molecule has 0 fully saturated rings. The lowest BCUT2D eigenvalue weighted by molar-refractivity contribution is 0.0473. The molecule has 114 valence electrons. The van der Waals surface area contributed by atoms with E-state index in [9.17, 15) is 14.0 Å². The quantitative estimate of drug-likeness (QED) is 0.427. The zero-order valence-corrected chi connectivity index (χ0v) is 13.8. The average molecular weight is 414 g/mol. The van der Waals surface area contributed by atoms with Crippen molar-refractivity contribution in [2.45, 2.75) is 0 Å². The van der Waals surface area contributed by atoms with E-state index in [0.29, 0.717) is 5.56 Å². The summed E-state index contributed by atoms with van der Waals surface area (Å²) in [5.41, 5.74) is 0.505. The molecule has 0 heterocycles. The molecule has 2 rings (SSSR count). The summed E-state index contributed by atoms with van der Waals surface area (Å²) in [4.78, 5) is 23.8. The number of ether oxygens (including phenoxy) is 2. The van der Waals surface area contributed by atoms with Crippen LogP contribution in [0.4, 0.5) is 4.39 Å². The summed E-state index contributed by atoms with van der Waals surface area (Å²) in [6.45, 7) is -0.449. The Bertz CT molecular complexity index is 715. The van der Waals surface area contributed by atoms with Crippen molar-refractivity contribution in [3.8, 4) is 5.75 Å². The molecular weight excluding hydrogens is 402 g/mol. The third-order valence-electron chi connectivity index (χ3n) is 2.90. The Balaban J connectivity index is 2.02. The van der Waals surface area contributed by atoms with Gasteiger partial charge in [-0.05, 0) is 52.9 Å². The van der Waals surface area contributed by atoms with Crippen LogP contribution in [-0.4, -0.2) is 25.5 Å². The second-order valence-electron chi connectivity index (χ2n) is 4.33. The third kappa shape index (κ3) is 3.82. The number of halogens is 2. The van der Waals surface area contributed by atoms with Crippen LogP contribution in [0.25, 0.3) is 0 Å². The van der Waals surface area contributed by atoms with Crippen molar-refractivity contribution < 1.29 is 23.5 Å². The maximum atomic E-state index is 13.5. The fraction of sp³-hybridized carbons (Fsp3) is 0.125. The molecule has 0 N–H and O–H groups in total. The van der Waals surface area contributed by atoms with Crippen LogP contribution in [0.2, 0.25) is 0 Å². The first kappa shape index (κ1) is 16.4. The van der Waals surface area contributed by atoms with Gasteiger partial charge in [0.25, 0.3) is 0 Å². The lowest BCUT2D eigenvalue weighted by Crippen LogP contribution is -2.15. The molecule has 2 aromatic rings. The fourth-order valence-electron chi connectivity index (χ4n) is 1.76. The number of hydrogen-bond acceptors (Lipinski definition) is 4. The molecule has 0 saturated carbocycles. The molecule has 0 spiro atoms. The Kier molecular flexibility index (Phi) is 5.48. The number of hydrogen-bond donors (Lipinski definition) is 0. The van der Waals surface area contributed by atoms with Gasteiger partial charge in [-0.2, -0.15) is 0 Å². The number of carbonyl (C=O) groups excluding carboxylic acids is 2. The third-order valence-corrected chi connectivity index (χ3v) is 3.84. The lowest BCUT2D eigenvalue weighted by atomic mass is 10.1. The van der Waals surface area contributed by atoms with Gasteiger partial charge < -0.3 is 9.47 Å². The van der Waals surface area contributed by atoms with Crippen molar-refractivity contribution in [1.29, 1.82) is 0 Å². The molecule has 0 unspecified atom stereocenters. The standard InChI is InChI=1S/C16H12FIO4/c1-21-15-7-6-10(8-12(15)17)14(19)9-22-16(20)11-4-2-3-5-13(11)18/h2-8H,9H2,1H3. The largest absolute Gasteiger partial charge is 0.494 e. The minimum absolute atomic E-state index is 0.0485. The molecule has 0 aliphatic carbocycles. The minimum Gasteiger partial charge on any atom is -0.494 e. The van der Waals surface area contributed by atoms with Crippen molar-refractivity contribution >= 4 is 34.3 Å². The summed E-state index contributed by atoms with van der Waals surface area (Å²) >= 11 is 2.01. The van der Waals surface area contributed by atoms with Crippen LogP contribution in [0.15, 0.2) is 42.5 Å². The molecule has 0 amide bonds. The van der Waals surface area contributed by atoms with Gasteiger partial charge in [0.15, 0.2) is 24.0 Å². The van der Waals surface area contributed by atoms with Gasteiger partial charge in [0.1, 0.15) is 0 Å². The smallest absolute Gasteiger partial charge is 0.339 e. The second-order valence-corrected chi connectivity index (χ2v) is 5.49. The molecule has 0 atom stereocenters. The molecule has 0 aliphatic heterocycles. The summed E-state index contributed by atoms with van der Waals surface area (Å²) in [6, 6.07) is 10.7. The first-order valence-electron chi connectivity index (χ1n) is 6.31. The maximum Gasteiger partial charge on any atom is 0.339 e. The number of rotatable bonds is 5. The zero-order valence-electron chi connectivity index (χ0n) is 11.6. The molecule has 0 aromatic heterocycles. The summed E-state index contributed by atoms with van der Waals surface area (Å²) in [5, 5.41) is 0. The van der Waals surface area contributed by atoms with Crippen LogP contribution in [0.3, 0.4) is 0 Å². The number of benzene rings is 2. The number of carbonyl (C=O) groups is 2. The van der Waals surface area contributed by atoms with E-state index in [1.54, 1.807) is 24.3 Å². The second kappa shape index (κ2) is 7.35. The summed E-state index contributed by atoms with van der Waals surface area (Å²) in [7, 11) is 1.34. The average Bonchev–Trinajstić information content (AvgIpc) is 2.52. The summed E-state index contributed by atoms with van der Waals surface area (Å²) in [5.74, 6) is -1.67. The number of esters is 1. The summed E-state index contributed by atoms with van der Waals surface area (Å²) in [6.07, 6.45) is 0. The highest BCUT2D eigenvalue weighted by Crippen LogP contribution is 2.18. The van der Waals surface area contributed by atoms with Crippen molar-refractivity contribution in [3.05, 3.63) is 63.0 Å². The van der Waals surface area contributed by atoms with E-state index < -0.39 is 24.2 Å². The molecule has 6 heteroatoms. The highest BCUT2D eigenvalue weighted by Gasteiger charge is 2.15. The van der Waals surface area contributed by atoms with Crippen LogP contribution < -0.4 is 4.74 Å². The van der Waals surface area contributed by atoms with Crippen LogP contribution in [-0.2, 0) is 4.74 Å². The molecule has 22 heavy (non-hydrogen) atoms. The predicted molar refractivity (Wildman–Crippen MR) is 86.7 cm³/mol. The Hall–Kier alpha value is -1.96. The van der Waals surface area contributed by atoms with E-state index in [-0.39, 0.29) is 11.3 Å². The maximum absolute atomic E-state index is 13.5. The van der Waals surface area contributed by atoms with Gasteiger partial charge >= 0.3 is 5.97 Å². The van der Waals surface area contributed by atoms with Crippen LogP contribution in [0.1, 0.15) is 20.7 Å². The molecule has 0 aliphatic rings. The van der Waals surface area contributed by atoms with E-state index >= 15 is 0 Å². The van der Waals surface area contributed by atoms with Gasteiger partial charge in [0.05, 0.1) is 12.7 Å². The Morgan fingerprint density at radius 3 is 2.55 bits per heavy atom. The van der Waals surface area contributed by atoms with Crippen molar-refractivity contribution in [3.63, 3.8) is 0 Å². The van der Waals surface area contributed by atoms with E-state index in [4.69, 9.17) is 9.47 Å². The fourth-order valence-corrected chi connectivity index (χ4v) is 2.37. The Labute approximate surface area is 140 Å².